The summed E-state index contributed by atoms with van der Waals surface area (Å²) < 4.78 is 37.0. The third kappa shape index (κ3) is 3.10. The largest absolute Gasteiger partial charge is 0.416 e. The van der Waals surface area contributed by atoms with Gasteiger partial charge in [0.15, 0.2) is 0 Å². The Morgan fingerprint density at radius 1 is 1.38 bits per heavy atom. The minimum atomic E-state index is -4.41. The lowest BCUT2D eigenvalue weighted by atomic mass is 10.0. The van der Waals surface area contributed by atoms with E-state index in [1.165, 1.54) is 6.07 Å². The Morgan fingerprint density at radius 2 is 2.00 bits per heavy atom. The maximum atomic E-state index is 12.3. The molecule has 0 aliphatic heterocycles. The summed E-state index contributed by atoms with van der Waals surface area (Å²) in [5.74, 6) is 0. The SMILES string of the molecule is NC(CCO)c1ccc(C(F)(F)F)cc1Cl. The van der Waals surface area contributed by atoms with E-state index in [0.717, 1.165) is 12.1 Å². The molecule has 0 spiro atoms. The second-order valence-corrected chi connectivity index (χ2v) is 3.76. The number of hydrogen-bond donors (Lipinski definition) is 2. The van der Waals surface area contributed by atoms with E-state index in [4.69, 9.17) is 22.4 Å². The van der Waals surface area contributed by atoms with Gasteiger partial charge in [0.25, 0.3) is 0 Å². The van der Waals surface area contributed by atoms with Crippen molar-refractivity contribution in [2.24, 2.45) is 5.73 Å². The number of alkyl halides is 3. The number of benzene rings is 1. The zero-order chi connectivity index (χ0) is 12.3. The Bertz CT molecular complexity index is 368. The normalized spacial score (nSPS) is 13.9. The molecule has 0 radical (unpaired) electrons. The van der Waals surface area contributed by atoms with Crippen molar-refractivity contribution in [2.75, 3.05) is 6.61 Å². The van der Waals surface area contributed by atoms with Crippen LogP contribution in [0.15, 0.2) is 18.2 Å². The molecule has 1 atom stereocenters. The third-order valence-electron chi connectivity index (χ3n) is 2.17. The van der Waals surface area contributed by atoms with Crippen LogP contribution in [0.4, 0.5) is 13.2 Å². The first kappa shape index (κ1) is 13.3. The molecule has 0 saturated carbocycles. The van der Waals surface area contributed by atoms with E-state index < -0.39 is 17.8 Å². The molecule has 0 aromatic heterocycles. The van der Waals surface area contributed by atoms with Gasteiger partial charge in [0.1, 0.15) is 0 Å². The second-order valence-electron chi connectivity index (χ2n) is 3.35. The molecular formula is C10H11ClF3NO. The first-order chi connectivity index (χ1) is 7.36. The number of aliphatic hydroxyl groups excluding tert-OH is 1. The molecule has 2 nitrogen and oxygen atoms in total. The Hall–Kier alpha value is -0.780. The molecular weight excluding hydrogens is 243 g/mol. The van der Waals surface area contributed by atoms with Crippen LogP contribution in [0.5, 0.6) is 0 Å². The van der Waals surface area contributed by atoms with Crippen LogP contribution >= 0.6 is 11.6 Å². The number of hydrogen-bond acceptors (Lipinski definition) is 2. The van der Waals surface area contributed by atoms with Crippen molar-refractivity contribution in [1.29, 1.82) is 0 Å². The first-order valence-electron chi connectivity index (χ1n) is 4.59. The predicted octanol–water partition coefficient (Wildman–Crippen LogP) is 2.74. The van der Waals surface area contributed by atoms with Gasteiger partial charge in [-0.25, -0.2) is 0 Å². The van der Waals surface area contributed by atoms with Crippen LogP contribution < -0.4 is 5.73 Å². The molecule has 3 N–H and O–H groups in total. The third-order valence-corrected chi connectivity index (χ3v) is 2.49. The monoisotopic (exact) mass is 253 g/mol. The highest BCUT2D eigenvalue weighted by molar-refractivity contribution is 6.31. The Balaban J connectivity index is 3.00. The fourth-order valence-corrected chi connectivity index (χ4v) is 1.62. The summed E-state index contributed by atoms with van der Waals surface area (Å²) in [7, 11) is 0. The van der Waals surface area contributed by atoms with Gasteiger partial charge < -0.3 is 10.8 Å². The van der Waals surface area contributed by atoms with E-state index in [-0.39, 0.29) is 18.1 Å². The molecule has 0 aliphatic rings. The summed E-state index contributed by atoms with van der Waals surface area (Å²) in [4.78, 5) is 0. The zero-order valence-electron chi connectivity index (χ0n) is 8.26. The van der Waals surface area contributed by atoms with Gasteiger partial charge in [-0.2, -0.15) is 13.2 Å². The summed E-state index contributed by atoms with van der Waals surface area (Å²) in [5, 5.41) is 8.64. The number of nitrogens with two attached hydrogens (primary N) is 1. The summed E-state index contributed by atoms with van der Waals surface area (Å²) in [6.07, 6.45) is -4.16. The highest BCUT2D eigenvalue weighted by atomic mass is 35.5. The molecule has 0 bridgehead atoms. The molecule has 0 fully saturated rings. The van der Waals surface area contributed by atoms with Crippen LogP contribution in [0.2, 0.25) is 5.02 Å². The van der Waals surface area contributed by atoms with Crippen molar-refractivity contribution >= 4 is 11.6 Å². The van der Waals surface area contributed by atoms with Crippen LogP contribution in [0.1, 0.15) is 23.6 Å². The van der Waals surface area contributed by atoms with Crippen LogP contribution in [0.25, 0.3) is 0 Å². The summed E-state index contributed by atoms with van der Waals surface area (Å²) >= 11 is 5.70. The van der Waals surface area contributed by atoms with E-state index in [1.807, 2.05) is 0 Å². The van der Waals surface area contributed by atoms with E-state index in [0.29, 0.717) is 5.56 Å². The van der Waals surface area contributed by atoms with Gasteiger partial charge in [0.2, 0.25) is 0 Å². The summed E-state index contributed by atoms with van der Waals surface area (Å²) in [6, 6.07) is 2.46. The van der Waals surface area contributed by atoms with Gasteiger partial charge in [0.05, 0.1) is 5.56 Å². The van der Waals surface area contributed by atoms with Gasteiger partial charge in [-0.1, -0.05) is 17.7 Å². The summed E-state index contributed by atoms with van der Waals surface area (Å²) in [6.45, 7) is -0.140. The van der Waals surface area contributed by atoms with E-state index in [9.17, 15) is 13.2 Å². The highest BCUT2D eigenvalue weighted by Crippen LogP contribution is 2.33. The molecule has 1 unspecified atom stereocenters. The topological polar surface area (TPSA) is 46.2 Å². The standard InChI is InChI=1S/C10H11ClF3NO/c11-8-5-6(10(12,13)14)1-2-7(8)9(15)3-4-16/h1-2,5,9,16H,3-4,15H2. The molecule has 0 amide bonds. The van der Waals surface area contributed by atoms with Gasteiger partial charge in [-0.15, -0.1) is 0 Å². The quantitative estimate of drug-likeness (QED) is 0.870. The fraction of sp³-hybridized carbons (Fsp3) is 0.400. The lowest BCUT2D eigenvalue weighted by Crippen LogP contribution is -2.13. The molecule has 1 aromatic carbocycles. The molecule has 90 valence electrons. The highest BCUT2D eigenvalue weighted by Gasteiger charge is 2.31. The van der Waals surface area contributed by atoms with Crippen molar-refractivity contribution in [3.63, 3.8) is 0 Å². The molecule has 1 rings (SSSR count). The molecule has 1 aromatic rings. The number of rotatable bonds is 3. The number of halogens is 4. The van der Waals surface area contributed by atoms with Gasteiger partial charge >= 0.3 is 6.18 Å². The summed E-state index contributed by atoms with van der Waals surface area (Å²) in [5.41, 5.74) is 5.24. The average molecular weight is 254 g/mol. The minimum Gasteiger partial charge on any atom is -0.396 e. The van der Waals surface area contributed by atoms with Crippen molar-refractivity contribution < 1.29 is 18.3 Å². The Morgan fingerprint density at radius 3 is 2.44 bits per heavy atom. The Kier molecular flexibility index (Phi) is 4.18. The average Bonchev–Trinajstić information content (AvgIpc) is 2.16. The van der Waals surface area contributed by atoms with Crippen molar-refractivity contribution in [3.05, 3.63) is 34.3 Å². The van der Waals surface area contributed by atoms with Crippen molar-refractivity contribution in [2.45, 2.75) is 18.6 Å². The Labute approximate surface area is 95.8 Å². The van der Waals surface area contributed by atoms with E-state index in [2.05, 4.69) is 0 Å². The molecule has 0 saturated heterocycles. The van der Waals surface area contributed by atoms with Crippen molar-refractivity contribution in [1.82, 2.24) is 0 Å². The first-order valence-corrected chi connectivity index (χ1v) is 4.97. The van der Waals surface area contributed by atoms with Gasteiger partial charge in [-0.3, -0.25) is 0 Å². The minimum absolute atomic E-state index is 0.0317. The van der Waals surface area contributed by atoms with Gasteiger partial charge in [-0.05, 0) is 24.1 Å². The molecule has 0 heterocycles. The van der Waals surface area contributed by atoms with Crippen LogP contribution in [-0.2, 0) is 6.18 Å². The second kappa shape index (κ2) is 5.03. The molecule has 6 heteroatoms. The lowest BCUT2D eigenvalue weighted by molar-refractivity contribution is -0.137. The van der Waals surface area contributed by atoms with Crippen LogP contribution in [0.3, 0.4) is 0 Å². The maximum Gasteiger partial charge on any atom is 0.416 e. The predicted molar refractivity (Wildman–Crippen MR) is 55.1 cm³/mol. The van der Waals surface area contributed by atoms with Crippen molar-refractivity contribution in [3.8, 4) is 0 Å². The van der Waals surface area contributed by atoms with Crippen LogP contribution in [-0.4, -0.2) is 11.7 Å². The van der Waals surface area contributed by atoms with E-state index in [1.54, 1.807) is 0 Å². The maximum absolute atomic E-state index is 12.3. The smallest absolute Gasteiger partial charge is 0.396 e. The van der Waals surface area contributed by atoms with Crippen LogP contribution in [0, 0.1) is 0 Å². The molecule has 16 heavy (non-hydrogen) atoms. The lowest BCUT2D eigenvalue weighted by Gasteiger charge is -2.14. The molecule has 0 aliphatic carbocycles. The zero-order valence-corrected chi connectivity index (χ0v) is 9.02. The van der Waals surface area contributed by atoms with Gasteiger partial charge in [0, 0.05) is 17.7 Å². The van der Waals surface area contributed by atoms with E-state index >= 15 is 0 Å². The fourth-order valence-electron chi connectivity index (χ4n) is 1.30. The number of aliphatic hydroxyl groups is 1.